The van der Waals surface area contributed by atoms with E-state index < -0.39 is 6.10 Å². The van der Waals surface area contributed by atoms with Gasteiger partial charge in [-0.1, -0.05) is 12.1 Å². The molecule has 1 rings (SSSR count). The minimum atomic E-state index is -0.484. The third kappa shape index (κ3) is 6.57. The van der Waals surface area contributed by atoms with Crippen LogP contribution in [0.25, 0.3) is 0 Å². The molecule has 1 unspecified atom stereocenters. The lowest BCUT2D eigenvalue weighted by molar-refractivity contribution is 0.106. The van der Waals surface area contributed by atoms with Gasteiger partial charge in [-0.3, -0.25) is 0 Å². The summed E-state index contributed by atoms with van der Waals surface area (Å²) in [6.45, 7) is 6.75. The molecule has 0 aliphatic carbocycles. The standard InChI is InChI=1S/C15H26N2O2/c1-12-5-6-13(2)15(9-12)19-11-14(18)10-16-7-8-17(3)4/h5-6,9,14,16,18H,7-8,10-11H2,1-4H3. The third-order valence-electron chi connectivity index (χ3n) is 2.89. The Morgan fingerprint density at radius 2 is 2.05 bits per heavy atom. The molecule has 0 amide bonds. The van der Waals surface area contributed by atoms with Crippen molar-refractivity contribution < 1.29 is 9.84 Å². The molecule has 1 aromatic rings. The summed E-state index contributed by atoms with van der Waals surface area (Å²) < 4.78 is 5.66. The first-order valence-electron chi connectivity index (χ1n) is 6.72. The summed E-state index contributed by atoms with van der Waals surface area (Å²) in [5.74, 6) is 0.854. The predicted molar refractivity (Wildman–Crippen MR) is 78.8 cm³/mol. The Morgan fingerprint density at radius 3 is 2.74 bits per heavy atom. The first-order chi connectivity index (χ1) is 8.99. The van der Waals surface area contributed by atoms with Crippen LogP contribution in [0.4, 0.5) is 0 Å². The number of likely N-dealkylation sites (N-methyl/N-ethyl adjacent to an activating group) is 1. The van der Waals surface area contributed by atoms with E-state index in [-0.39, 0.29) is 0 Å². The van der Waals surface area contributed by atoms with Crippen LogP contribution in [0, 0.1) is 13.8 Å². The summed E-state index contributed by atoms with van der Waals surface area (Å²) in [4.78, 5) is 2.10. The van der Waals surface area contributed by atoms with Crippen molar-refractivity contribution in [3.05, 3.63) is 29.3 Å². The summed E-state index contributed by atoms with van der Waals surface area (Å²) in [6, 6.07) is 6.09. The van der Waals surface area contributed by atoms with Crippen molar-refractivity contribution in [2.24, 2.45) is 0 Å². The molecule has 0 aromatic heterocycles. The molecule has 4 heteroatoms. The van der Waals surface area contributed by atoms with Crippen LogP contribution in [0.15, 0.2) is 18.2 Å². The molecule has 1 aromatic carbocycles. The summed E-state index contributed by atoms with van der Waals surface area (Å²) in [5.41, 5.74) is 2.26. The fourth-order valence-corrected chi connectivity index (χ4v) is 1.68. The molecule has 0 radical (unpaired) electrons. The zero-order valence-electron chi connectivity index (χ0n) is 12.4. The van der Waals surface area contributed by atoms with Crippen LogP contribution in [-0.4, -0.2) is 56.4 Å². The van der Waals surface area contributed by atoms with Gasteiger partial charge in [0.1, 0.15) is 18.5 Å². The molecule has 0 fully saturated rings. The van der Waals surface area contributed by atoms with E-state index in [1.54, 1.807) is 0 Å². The highest BCUT2D eigenvalue weighted by Gasteiger charge is 2.06. The molecular weight excluding hydrogens is 240 g/mol. The number of hydrogen-bond donors (Lipinski definition) is 2. The number of ether oxygens (including phenoxy) is 1. The van der Waals surface area contributed by atoms with Crippen molar-refractivity contribution in [1.29, 1.82) is 0 Å². The molecule has 0 aliphatic rings. The van der Waals surface area contributed by atoms with Crippen LogP contribution in [0.5, 0.6) is 5.75 Å². The van der Waals surface area contributed by atoms with Gasteiger partial charge in [0.05, 0.1) is 0 Å². The number of hydrogen-bond acceptors (Lipinski definition) is 4. The normalized spacial score (nSPS) is 12.7. The average Bonchev–Trinajstić information content (AvgIpc) is 2.35. The van der Waals surface area contributed by atoms with Crippen LogP contribution < -0.4 is 10.1 Å². The van der Waals surface area contributed by atoms with E-state index in [1.165, 1.54) is 5.56 Å². The molecule has 2 N–H and O–H groups in total. The molecule has 108 valence electrons. The van der Waals surface area contributed by atoms with E-state index >= 15 is 0 Å². The summed E-state index contributed by atoms with van der Waals surface area (Å²) in [7, 11) is 4.06. The van der Waals surface area contributed by atoms with Crippen molar-refractivity contribution in [3.63, 3.8) is 0 Å². The van der Waals surface area contributed by atoms with Gasteiger partial charge in [-0.2, -0.15) is 0 Å². The van der Waals surface area contributed by atoms with Gasteiger partial charge in [0.15, 0.2) is 0 Å². The summed E-state index contributed by atoms with van der Waals surface area (Å²) in [6.07, 6.45) is -0.484. The second kappa shape index (κ2) is 8.15. The second-order valence-electron chi connectivity index (χ2n) is 5.24. The van der Waals surface area contributed by atoms with Gasteiger partial charge in [0.25, 0.3) is 0 Å². The lowest BCUT2D eigenvalue weighted by atomic mass is 10.1. The highest BCUT2D eigenvalue weighted by atomic mass is 16.5. The quantitative estimate of drug-likeness (QED) is 0.694. The van der Waals surface area contributed by atoms with E-state index in [4.69, 9.17) is 4.74 Å². The summed E-state index contributed by atoms with van der Waals surface area (Å²) in [5, 5.41) is 13.0. The Labute approximate surface area is 116 Å². The molecule has 0 heterocycles. The zero-order valence-corrected chi connectivity index (χ0v) is 12.4. The SMILES string of the molecule is Cc1ccc(C)c(OCC(O)CNCCN(C)C)c1. The predicted octanol–water partition coefficient (Wildman–Crippen LogP) is 1.19. The maximum Gasteiger partial charge on any atom is 0.122 e. The molecule has 0 saturated carbocycles. The van der Waals surface area contributed by atoms with E-state index in [9.17, 15) is 5.11 Å². The maximum atomic E-state index is 9.83. The van der Waals surface area contributed by atoms with E-state index in [0.29, 0.717) is 13.2 Å². The Kier molecular flexibility index (Phi) is 6.84. The van der Waals surface area contributed by atoms with Crippen molar-refractivity contribution >= 4 is 0 Å². The van der Waals surface area contributed by atoms with Gasteiger partial charge in [-0.15, -0.1) is 0 Å². The lowest BCUT2D eigenvalue weighted by Gasteiger charge is -2.16. The first kappa shape index (κ1) is 16.0. The van der Waals surface area contributed by atoms with Gasteiger partial charge < -0.3 is 20.1 Å². The second-order valence-corrected chi connectivity index (χ2v) is 5.24. The monoisotopic (exact) mass is 266 g/mol. The Morgan fingerprint density at radius 1 is 1.32 bits per heavy atom. The van der Waals surface area contributed by atoms with Crippen molar-refractivity contribution in [1.82, 2.24) is 10.2 Å². The molecule has 19 heavy (non-hydrogen) atoms. The summed E-state index contributed by atoms with van der Waals surface area (Å²) >= 11 is 0. The van der Waals surface area contributed by atoms with Crippen molar-refractivity contribution in [2.75, 3.05) is 40.3 Å². The largest absolute Gasteiger partial charge is 0.491 e. The van der Waals surface area contributed by atoms with E-state index in [2.05, 4.69) is 16.3 Å². The highest BCUT2D eigenvalue weighted by molar-refractivity contribution is 5.35. The topological polar surface area (TPSA) is 44.7 Å². The van der Waals surface area contributed by atoms with Crippen LogP contribution in [0.2, 0.25) is 0 Å². The molecule has 0 saturated heterocycles. The Hall–Kier alpha value is -1.10. The van der Waals surface area contributed by atoms with Crippen molar-refractivity contribution in [3.8, 4) is 5.75 Å². The fourth-order valence-electron chi connectivity index (χ4n) is 1.68. The molecular formula is C15H26N2O2. The maximum absolute atomic E-state index is 9.83. The number of nitrogens with one attached hydrogen (secondary N) is 1. The van der Waals surface area contributed by atoms with Crippen molar-refractivity contribution in [2.45, 2.75) is 20.0 Å². The fraction of sp³-hybridized carbons (Fsp3) is 0.600. The van der Waals surface area contributed by atoms with E-state index in [1.807, 2.05) is 40.1 Å². The Bertz CT molecular complexity index is 380. The van der Waals surface area contributed by atoms with Crippen LogP contribution in [-0.2, 0) is 0 Å². The highest BCUT2D eigenvalue weighted by Crippen LogP contribution is 2.19. The molecule has 0 spiro atoms. The molecule has 1 atom stereocenters. The minimum Gasteiger partial charge on any atom is -0.491 e. The Balaban J connectivity index is 2.26. The molecule has 0 bridgehead atoms. The van der Waals surface area contributed by atoms with Gasteiger partial charge >= 0.3 is 0 Å². The number of aliphatic hydroxyl groups is 1. The van der Waals surface area contributed by atoms with Gasteiger partial charge in [0.2, 0.25) is 0 Å². The molecule has 4 nitrogen and oxygen atoms in total. The average molecular weight is 266 g/mol. The number of aryl methyl sites for hydroxylation is 2. The lowest BCUT2D eigenvalue weighted by Crippen LogP contribution is -2.35. The number of nitrogens with zero attached hydrogens (tertiary/aromatic N) is 1. The third-order valence-corrected chi connectivity index (χ3v) is 2.89. The minimum absolute atomic E-state index is 0.319. The van der Waals surface area contributed by atoms with E-state index in [0.717, 1.165) is 24.4 Å². The van der Waals surface area contributed by atoms with Crippen LogP contribution in [0.1, 0.15) is 11.1 Å². The smallest absolute Gasteiger partial charge is 0.122 e. The number of rotatable bonds is 8. The number of aliphatic hydroxyl groups excluding tert-OH is 1. The van der Waals surface area contributed by atoms with Gasteiger partial charge in [0, 0.05) is 19.6 Å². The van der Waals surface area contributed by atoms with Crippen LogP contribution in [0.3, 0.4) is 0 Å². The van der Waals surface area contributed by atoms with Crippen LogP contribution >= 0.6 is 0 Å². The van der Waals surface area contributed by atoms with Gasteiger partial charge in [-0.25, -0.2) is 0 Å². The van der Waals surface area contributed by atoms with Gasteiger partial charge in [-0.05, 0) is 45.1 Å². The first-order valence-corrected chi connectivity index (χ1v) is 6.72. The molecule has 0 aliphatic heterocycles. The zero-order chi connectivity index (χ0) is 14.3. The number of benzene rings is 1.